The number of hydrogen-bond acceptors (Lipinski definition) is 5. The number of nitrogens with two attached hydrogens (primary N) is 1. The summed E-state index contributed by atoms with van der Waals surface area (Å²) in [6.45, 7) is 4.24. The summed E-state index contributed by atoms with van der Waals surface area (Å²) in [7, 11) is 0. The molecule has 88 valence electrons. The number of piperidine rings is 1. The quantitative estimate of drug-likeness (QED) is 0.850. The first-order valence-electron chi connectivity index (χ1n) is 6.08. The largest absolute Gasteiger partial charge is 0.345 e. The van der Waals surface area contributed by atoms with Crippen LogP contribution in [0.15, 0.2) is 0 Å². The lowest BCUT2D eigenvalue weighted by Gasteiger charge is -2.34. The summed E-state index contributed by atoms with van der Waals surface area (Å²) in [5.41, 5.74) is 6.10. The van der Waals surface area contributed by atoms with Crippen molar-refractivity contribution in [2.45, 2.75) is 38.1 Å². The Labute approximate surface area is 100 Å². The average molecular weight is 238 g/mol. The highest BCUT2D eigenvalue weighted by Crippen LogP contribution is 2.40. The summed E-state index contributed by atoms with van der Waals surface area (Å²) in [6, 6.07) is 0.280. The van der Waals surface area contributed by atoms with Gasteiger partial charge in [-0.1, -0.05) is 6.92 Å². The summed E-state index contributed by atoms with van der Waals surface area (Å²) in [4.78, 5) is 6.93. The molecule has 0 bridgehead atoms. The Morgan fingerprint density at radius 3 is 2.88 bits per heavy atom. The lowest BCUT2D eigenvalue weighted by Crippen LogP contribution is -2.47. The van der Waals surface area contributed by atoms with Gasteiger partial charge in [-0.2, -0.15) is 4.37 Å². The third kappa shape index (κ3) is 1.94. The summed E-state index contributed by atoms with van der Waals surface area (Å²) in [5.74, 6) is 2.35. The molecule has 2 aliphatic rings. The lowest BCUT2D eigenvalue weighted by atomic mass is 9.95. The number of anilines is 1. The van der Waals surface area contributed by atoms with Crippen molar-refractivity contribution in [2.24, 2.45) is 11.7 Å². The van der Waals surface area contributed by atoms with Crippen LogP contribution in [0.4, 0.5) is 5.13 Å². The maximum Gasteiger partial charge on any atom is 0.205 e. The summed E-state index contributed by atoms with van der Waals surface area (Å²) in [5, 5.41) is 1.07. The maximum absolute atomic E-state index is 6.10. The topological polar surface area (TPSA) is 55.0 Å². The van der Waals surface area contributed by atoms with Gasteiger partial charge < -0.3 is 10.6 Å². The SMILES string of the molecule is CC1CCN(c2nc(C3CC3)ns2)CC1N. The van der Waals surface area contributed by atoms with Gasteiger partial charge in [0.15, 0.2) is 0 Å². The number of aromatic nitrogens is 2. The second-order valence-electron chi connectivity index (χ2n) is 5.09. The fourth-order valence-corrected chi connectivity index (χ4v) is 2.92. The molecule has 1 aromatic heterocycles. The molecule has 0 aromatic carbocycles. The van der Waals surface area contributed by atoms with Crippen molar-refractivity contribution in [2.75, 3.05) is 18.0 Å². The fourth-order valence-electron chi connectivity index (χ4n) is 2.14. The zero-order valence-electron chi connectivity index (χ0n) is 9.59. The van der Waals surface area contributed by atoms with Crippen molar-refractivity contribution in [3.63, 3.8) is 0 Å². The predicted octanol–water partition coefficient (Wildman–Crippen LogP) is 1.59. The van der Waals surface area contributed by atoms with Gasteiger partial charge >= 0.3 is 0 Å². The molecule has 2 atom stereocenters. The third-order valence-electron chi connectivity index (χ3n) is 3.66. The van der Waals surface area contributed by atoms with Gasteiger partial charge in [-0.05, 0) is 25.2 Å². The molecule has 0 radical (unpaired) electrons. The normalized spacial score (nSPS) is 30.8. The van der Waals surface area contributed by atoms with Gasteiger partial charge in [0, 0.05) is 36.6 Å². The second kappa shape index (κ2) is 3.96. The molecule has 16 heavy (non-hydrogen) atoms. The Balaban J connectivity index is 1.71. The fraction of sp³-hybridized carbons (Fsp3) is 0.818. The molecule has 1 aliphatic heterocycles. The molecule has 1 aliphatic carbocycles. The molecule has 1 saturated heterocycles. The smallest absolute Gasteiger partial charge is 0.205 e. The second-order valence-corrected chi connectivity index (χ2v) is 5.82. The first-order valence-corrected chi connectivity index (χ1v) is 6.85. The van der Waals surface area contributed by atoms with Crippen molar-refractivity contribution >= 4 is 16.7 Å². The van der Waals surface area contributed by atoms with Gasteiger partial charge in [-0.15, -0.1) is 0 Å². The molecule has 1 aromatic rings. The summed E-state index contributed by atoms with van der Waals surface area (Å²) < 4.78 is 4.45. The van der Waals surface area contributed by atoms with E-state index in [0.29, 0.717) is 11.8 Å². The Bertz CT molecular complexity index is 374. The Kier molecular flexibility index (Phi) is 2.59. The molecular weight excluding hydrogens is 220 g/mol. The highest BCUT2D eigenvalue weighted by atomic mass is 32.1. The first kappa shape index (κ1) is 10.5. The van der Waals surface area contributed by atoms with Crippen molar-refractivity contribution in [3.8, 4) is 0 Å². The van der Waals surface area contributed by atoms with Crippen LogP contribution in [0.3, 0.4) is 0 Å². The molecule has 0 amide bonds. The van der Waals surface area contributed by atoms with E-state index in [1.807, 2.05) is 0 Å². The van der Waals surface area contributed by atoms with Gasteiger partial charge in [-0.3, -0.25) is 0 Å². The molecule has 1 saturated carbocycles. The number of rotatable bonds is 2. The van der Waals surface area contributed by atoms with E-state index in [9.17, 15) is 0 Å². The standard InChI is InChI=1S/C11H18N4S/c1-7-4-5-15(6-9(7)12)11-13-10(14-16-11)8-2-3-8/h7-9H,2-6,12H2,1H3. The van der Waals surface area contributed by atoms with Gasteiger partial charge in [-0.25, -0.2) is 4.98 Å². The van der Waals surface area contributed by atoms with E-state index in [1.165, 1.54) is 30.8 Å². The minimum Gasteiger partial charge on any atom is -0.345 e. The lowest BCUT2D eigenvalue weighted by molar-refractivity contribution is 0.379. The zero-order chi connectivity index (χ0) is 11.1. The van der Waals surface area contributed by atoms with Crippen LogP contribution in [0, 0.1) is 5.92 Å². The van der Waals surface area contributed by atoms with E-state index in [-0.39, 0.29) is 6.04 Å². The van der Waals surface area contributed by atoms with Crippen LogP contribution >= 0.6 is 11.5 Å². The third-order valence-corrected chi connectivity index (χ3v) is 4.45. The van der Waals surface area contributed by atoms with E-state index in [0.717, 1.165) is 24.0 Å². The van der Waals surface area contributed by atoms with E-state index >= 15 is 0 Å². The monoisotopic (exact) mass is 238 g/mol. The zero-order valence-corrected chi connectivity index (χ0v) is 10.4. The average Bonchev–Trinajstić information content (AvgIpc) is 3.01. The van der Waals surface area contributed by atoms with E-state index < -0.39 is 0 Å². The van der Waals surface area contributed by atoms with Crippen LogP contribution in [0.25, 0.3) is 0 Å². The van der Waals surface area contributed by atoms with Crippen LogP contribution in [0.1, 0.15) is 37.9 Å². The van der Waals surface area contributed by atoms with Crippen molar-refractivity contribution < 1.29 is 0 Å². The molecule has 2 unspecified atom stereocenters. The Morgan fingerprint density at radius 1 is 1.38 bits per heavy atom. The number of hydrogen-bond donors (Lipinski definition) is 1. The Hall–Kier alpha value is -0.680. The van der Waals surface area contributed by atoms with Gasteiger partial charge in [0.2, 0.25) is 5.13 Å². The summed E-state index contributed by atoms with van der Waals surface area (Å²) in [6.07, 6.45) is 3.71. The highest BCUT2D eigenvalue weighted by molar-refractivity contribution is 7.09. The highest BCUT2D eigenvalue weighted by Gasteiger charge is 2.30. The van der Waals surface area contributed by atoms with Crippen molar-refractivity contribution in [1.29, 1.82) is 0 Å². The van der Waals surface area contributed by atoms with Crippen LogP contribution in [-0.2, 0) is 0 Å². The van der Waals surface area contributed by atoms with Gasteiger partial charge in [0.05, 0.1) is 0 Å². The van der Waals surface area contributed by atoms with E-state index in [1.54, 1.807) is 0 Å². The Morgan fingerprint density at radius 2 is 2.19 bits per heavy atom. The van der Waals surface area contributed by atoms with E-state index in [4.69, 9.17) is 5.73 Å². The molecule has 2 N–H and O–H groups in total. The minimum absolute atomic E-state index is 0.280. The minimum atomic E-state index is 0.280. The molecule has 2 heterocycles. The van der Waals surface area contributed by atoms with Gasteiger partial charge in [0.1, 0.15) is 5.82 Å². The predicted molar refractivity (Wildman–Crippen MR) is 65.9 cm³/mol. The molecule has 5 heteroatoms. The molecule has 4 nitrogen and oxygen atoms in total. The van der Waals surface area contributed by atoms with Gasteiger partial charge in [0.25, 0.3) is 0 Å². The van der Waals surface area contributed by atoms with Crippen LogP contribution in [0.2, 0.25) is 0 Å². The van der Waals surface area contributed by atoms with Crippen molar-refractivity contribution in [1.82, 2.24) is 9.36 Å². The maximum atomic E-state index is 6.10. The molecule has 2 fully saturated rings. The van der Waals surface area contributed by atoms with Crippen LogP contribution < -0.4 is 10.6 Å². The summed E-state index contributed by atoms with van der Waals surface area (Å²) >= 11 is 1.54. The molecular formula is C11H18N4S. The van der Waals surface area contributed by atoms with Crippen molar-refractivity contribution in [3.05, 3.63) is 5.82 Å². The molecule has 3 rings (SSSR count). The van der Waals surface area contributed by atoms with Crippen LogP contribution in [0.5, 0.6) is 0 Å². The van der Waals surface area contributed by atoms with E-state index in [2.05, 4.69) is 21.2 Å². The first-order chi connectivity index (χ1) is 7.74. The van der Waals surface area contributed by atoms with Crippen LogP contribution in [-0.4, -0.2) is 28.5 Å². The number of nitrogens with zero attached hydrogens (tertiary/aromatic N) is 3. The molecule has 0 spiro atoms.